The predicted octanol–water partition coefficient (Wildman–Crippen LogP) is 1.48. The third kappa shape index (κ3) is 6.50. The first kappa shape index (κ1) is 22.8. The van der Waals surface area contributed by atoms with Gasteiger partial charge in [0.2, 0.25) is 0 Å². The number of piperidine rings is 1. The second-order valence-electron chi connectivity index (χ2n) is 6.65. The first-order valence-corrected chi connectivity index (χ1v) is 9.01. The zero-order valence-electron chi connectivity index (χ0n) is 15.9. The maximum Gasteiger partial charge on any atom is 0.490 e. The van der Waals surface area contributed by atoms with Crippen LogP contribution in [0.25, 0.3) is 0 Å². The molecule has 0 radical (unpaired) electrons. The number of carbonyl (C=O) groups excluding carboxylic acids is 1. The van der Waals surface area contributed by atoms with E-state index in [2.05, 4.69) is 4.90 Å². The molecule has 1 amide bonds. The van der Waals surface area contributed by atoms with Crippen molar-refractivity contribution in [3.8, 4) is 11.5 Å². The Balaban J connectivity index is 0.000000370. The number of alkyl halides is 3. The second-order valence-corrected chi connectivity index (χ2v) is 6.65. The first-order valence-electron chi connectivity index (χ1n) is 9.01. The van der Waals surface area contributed by atoms with Gasteiger partial charge in [0.25, 0.3) is 5.91 Å². The third-order valence-electron chi connectivity index (χ3n) is 4.62. The van der Waals surface area contributed by atoms with Gasteiger partial charge in [-0.1, -0.05) is 0 Å². The van der Waals surface area contributed by atoms with Gasteiger partial charge in [-0.2, -0.15) is 13.2 Å². The Hall–Kier alpha value is -2.53. The maximum atomic E-state index is 12.2. The minimum absolute atomic E-state index is 0.00513. The standard InChI is InChI=1S/C16H23N3O3.C2HF3O2/c1-21-13-2-3-15-14(10-13)19(16(20)11-22-15)9-8-18-6-4-12(17)5-7-18;3-2(4,5)1(6)7/h2-3,10,12H,4-9,11,17H2,1H3;(H,6,7). The van der Waals surface area contributed by atoms with Gasteiger partial charge in [-0.05, 0) is 38.1 Å². The number of fused-ring (bicyclic) bond motifs is 1. The first-order chi connectivity index (χ1) is 13.6. The highest BCUT2D eigenvalue weighted by molar-refractivity contribution is 5.98. The van der Waals surface area contributed by atoms with Crippen LogP contribution < -0.4 is 20.1 Å². The molecule has 11 heteroatoms. The summed E-state index contributed by atoms with van der Waals surface area (Å²) >= 11 is 0. The van der Waals surface area contributed by atoms with Crippen LogP contribution in [0.5, 0.6) is 11.5 Å². The Kier molecular flexibility index (Phi) is 7.68. The number of hydrogen-bond acceptors (Lipinski definition) is 6. The van der Waals surface area contributed by atoms with E-state index in [1.54, 1.807) is 12.0 Å². The molecule has 2 aliphatic rings. The number of ether oxygens (including phenoxy) is 2. The molecule has 1 fully saturated rings. The number of nitrogens with two attached hydrogens (primary N) is 1. The summed E-state index contributed by atoms with van der Waals surface area (Å²) in [6.45, 7) is 3.63. The average molecular weight is 419 g/mol. The number of hydrogen-bond donors (Lipinski definition) is 2. The quantitative estimate of drug-likeness (QED) is 0.762. The molecule has 1 saturated heterocycles. The highest BCUT2D eigenvalue weighted by atomic mass is 19.4. The van der Waals surface area contributed by atoms with Gasteiger partial charge in [0.1, 0.15) is 11.5 Å². The molecule has 2 heterocycles. The Morgan fingerprint density at radius 3 is 2.48 bits per heavy atom. The van der Waals surface area contributed by atoms with Crippen LogP contribution in [-0.2, 0) is 9.59 Å². The molecule has 0 spiro atoms. The molecule has 0 atom stereocenters. The number of halogens is 3. The van der Waals surface area contributed by atoms with Crippen molar-refractivity contribution >= 4 is 17.6 Å². The molecule has 8 nitrogen and oxygen atoms in total. The van der Waals surface area contributed by atoms with Crippen LogP contribution in [0.1, 0.15) is 12.8 Å². The fourth-order valence-corrected chi connectivity index (χ4v) is 2.97. The van der Waals surface area contributed by atoms with Gasteiger partial charge in [0, 0.05) is 25.2 Å². The number of likely N-dealkylation sites (tertiary alicyclic amines) is 1. The van der Waals surface area contributed by atoms with Crippen molar-refractivity contribution in [3.05, 3.63) is 18.2 Å². The number of carbonyl (C=O) groups is 2. The van der Waals surface area contributed by atoms with E-state index in [4.69, 9.17) is 25.1 Å². The molecule has 0 bridgehead atoms. The summed E-state index contributed by atoms with van der Waals surface area (Å²) in [5.41, 5.74) is 6.73. The topological polar surface area (TPSA) is 105 Å². The van der Waals surface area contributed by atoms with Crippen LogP contribution in [-0.4, -0.2) is 74.0 Å². The van der Waals surface area contributed by atoms with Crippen LogP contribution in [0, 0.1) is 0 Å². The highest BCUT2D eigenvalue weighted by Crippen LogP contribution is 2.35. The van der Waals surface area contributed by atoms with Gasteiger partial charge in [-0.15, -0.1) is 0 Å². The van der Waals surface area contributed by atoms with Crippen LogP contribution >= 0.6 is 0 Å². The van der Waals surface area contributed by atoms with E-state index >= 15 is 0 Å². The molecule has 0 aromatic heterocycles. The summed E-state index contributed by atoms with van der Waals surface area (Å²) in [5.74, 6) is -1.30. The average Bonchev–Trinajstić information content (AvgIpc) is 2.68. The number of methoxy groups -OCH3 is 1. The van der Waals surface area contributed by atoms with Gasteiger partial charge < -0.3 is 30.1 Å². The lowest BCUT2D eigenvalue weighted by Gasteiger charge is -2.34. The number of nitrogens with zero attached hydrogens (tertiary/aromatic N) is 2. The minimum atomic E-state index is -5.08. The maximum absolute atomic E-state index is 12.2. The number of anilines is 1. The van der Waals surface area contributed by atoms with Gasteiger partial charge in [-0.25, -0.2) is 4.79 Å². The number of amides is 1. The normalized spacial score (nSPS) is 17.7. The Morgan fingerprint density at radius 1 is 1.31 bits per heavy atom. The minimum Gasteiger partial charge on any atom is -0.497 e. The van der Waals surface area contributed by atoms with Crippen molar-refractivity contribution in [2.45, 2.75) is 25.1 Å². The van der Waals surface area contributed by atoms with Crippen LogP contribution in [0.3, 0.4) is 0 Å². The number of aliphatic carboxylic acids is 1. The van der Waals surface area contributed by atoms with Crippen LogP contribution in [0.4, 0.5) is 18.9 Å². The molecule has 1 aromatic carbocycles. The predicted molar refractivity (Wildman–Crippen MR) is 98.2 cm³/mol. The van der Waals surface area contributed by atoms with Crippen LogP contribution in [0.2, 0.25) is 0 Å². The lowest BCUT2D eigenvalue weighted by Crippen LogP contribution is -2.46. The number of carboxylic acid groups (broad SMARTS) is 1. The van der Waals surface area contributed by atoms with Crippen molar-refractivity contribution in [1.82, 2.24) is 4.90 Å². The largest absolute Gasteiger partial charge is 0.497 e. The molecule has 0 unspecified atom stereocenters. The number of rotatable bonds is 4. The van der Waals surface area contributed by atoms with E-state index in [1.807, 2.05) is 18.2 Å². The summed E-state index contributed by atoms with van der Waals surface area (Å²) in [6.07, 6.45) is -3.02. The van der Waals surface area contributed by atoms with Gasteiger partial charge in [0.05, 0.1) is 12.8 Å². The van der Waals surface area contributed by atoms with E-state index in [0.29, 0.717) is 12.6 Å². The Labute approximate surface area is 166 Å². The molecule has 1 aromatic rings. The summed E-state index contributed by atoms with van der Waals surface area (Å²) in [4.78, 5) is 25.3. The summed E-state index contributed by atoms with van der Waals surface area (Å²) < 4.78 is 42.5. The van der Waals surface area contributed by atoms with Crippen LogP contribution in [0.15, 0.2) is 18.2 Å². The molecule has 3 rings (SSSR count). The van der Waals surface area contributed by atoms with Crippen molar-refractivity contribution in [2.75, 3.05) is 44.8 Å². The second kappa shape index (κ2) is 9.79. The van der Waals surface area contributed by atoms with Crippen molar-refractivity contribution < 1.29 is 37.3 Å². The molecular weight excluding hydrogens is 395 g/mol. The SMILES string of the molecule is COc1ccc2c(c1)N(CCN1CCC(N)CC1)C(=O)CO2.O=C(O)C(F)(F)F. The Bertz CT molecular complexity index is 721. The zero-order valence-corrected chi connectivity index (χ0v) is 15.9. The van der Waals surface area contributed by atoms with Crippen molar-refractivity contribution in [1.29, 1.82) is 0 Å². The monoisotopic (exact) mass is 419 g/mol. The van der Waals surface area contributed by atoms with Crippen molar-refractivity contribution in [3.63, 3.8) is 0 Å². The van der Waals surface area contributed by atoms with E-state index in [0.717, 1.165) is 49.7 Å². The fourth-order valence-electron chi connectivity index (χ4n) is 2.97. The molecule has 3 N–H and O–H groups in total. The number of benzene rings is 1. The van der Waals surface area contributed by atoms with Crippen molar-refractivity contribution in [2.24, 2.45) is 5.73 Å². The zero-order chi connectivity index (χ0) is 21.6. The lowest BCUT2D eigenvalue weighted by molar-refractivity contribution is -0.192. The van der Waals surface area contributed by atoms with E-state index < -0.39 is 12.1 Å². The van der Waals surface area contributed by atoms with Gasteiger partial charge in [0.15, 0.2) is 6.61 Å². The summed E-state index contributed by atoms with van der Waals surface area (Å²) in [6, 6.07) is 5.89. The molecule has 2 aliphatic heterocycles. The third-order valence-corrected chi connectivity index (χ3v) is 4.62. The lowest BCUT2D eigenvalue weighted by atomic mass is 10.1. The molecule has 29 heavy (non-hydrogen) atoms. The summed E-state index contributed by atoms with van der Waals surface area (Å²) in [5, 5.41) is 7.12. The molecule has 0 aliphatic carbocycles. The Morgan fingerprint density at radius 2 is 1.93 bits per heavy atom. The van der Waals surface area contributed by atoms with E-state index in [9.17, 15) is 18.0 Å². The fraction of sp³-hybridized carbons (Fsp3) is 0.556. The molecule has 0 saturated carbocycles. The van der Waals surface area contributed by atoms with E-state index in [1.165, 1.54) is 0 Å². The van der Waals surface area contributed by atoms with E-state index in [-0.39, 0.29) is 12.5 Å². The smallest absolute Gasteiger partial charge is 0.490 e. The van der Waals surface area contributed by atoms with Gasteiger partial charge in [-0.3, -0.25) is 4.79 Å². The number of carboxylic acids is 1. The molecular formula is C18H24F3N3O5. The van der Waals surface area contributed by atoms with Gasteiger partial charge >= 0.3 is 12.1 Å². The highest BCUT2D eigenvalue weighted by Gasteiger charge is 2.38. The molecule has 162 valence electrons. The summed E-state index contributed by atoms with van der Waals surface area (Å²) in [7, 11) is 1.62.